The van der Waals surface area contributed by atoms with Gasteiger partial charge in [0.25, 0.3) is 5.91 Å². The summed E-state index contributed by atoms with van der Waals surface area (Å²) in [5.41, 5.74) is 8.69. The number of rotatable bonds is 7. The number of amides is 1. The predicted octanol–water partition coefficient (Wildman–Crippen LogP) is 4.99. The minimum absolute atomic E-state index is 0. The Kier molecular flexibility index (Phi) is 10.2. The van der Waals surface area contributed by atoms with Gasteiger partial charge in [-0.25, -0.2) is 9.37 Å². The number of pyridine rings is 1. The zero-order valence-corrected chi connectivity index (χ0v) is 24.3. The van der Waals surface area contributed by atoms with Crippen molar-refractivity contribution in [3.63, 3.8) is 0 Å². The van der Waals surface area contributed by atoms with E-state index in [9.17, 15) is 14.3 Å². The number of ether oxygens (including phenoxy) is 1. The molecule has 2 atom stereocenters. The molecular formula is C31H39ClFN5O3. The standard InChI is InChI=1S/C31H38FN5O3.ClH/c1-19-16-37(17-20(2)35-19)18-23-12-22(6-11-29(23)38)21-4-3-5-27(13-21)40-31-28(14-24(32)15-34-31)30(39)36-26-9-7-25(33)8-10-26;/h3-6,11-15,19-20,25-26,35,38H,7-10,16-18,33H2,1-2H3,(H,36,39);1H/t19-,20+,25?,26?;. The molecule has 0 radical (unpaired) electrons. The van der Waals surface area contributed by atoms with Crippen molar-refractivity contribution in [2.45, 2.75) is 70.2 Å². The van der Waals surface area contributed by atoms with Crippen LogP contribution in [-0.2, 0) is 6.54 Å². The smallest absolute Gasteiger partial charge is 0.257 e. The Labute approximate surface area is 246 Å². The van der Waals surface area contributed by atoms with Crippen LogP contribution in [0.25, 0.3) is 11.1 Å². The minimum atomic E-state index is -0.609. The molecule has 2 aliphatic rings. The van der Waals surface area contributed by atoms with Gasteiger partial charge in [-0.15, -0.1) is 12.4 Å². The van der Waals surface area contributed by atoms with Crippen molar-refractivity contribution in [3.05, 3.63) is 71.7 Å². The molecule has 0 unspecified atom stereocenters. The van der Waals surface area contributed by atoms with Crippen molar-refractivity contribution in [2.24, 2.45) is 5.73 Å². The fourth-order valence-corrected chi connectivity index (χ4v) is 5.75. The van der Waals surface area contributed by atoms with Crippen LogP contribution in [0.1, 0.15) is 55.5 Å². The maximum atomic E-state index is 14.1. The van der Waals surface area contributed by atoms with Crippen LogP contribution in [0.3, 0.4) is 0 Å². The number of phenols is 1. The first-order valence-corrected chi connectivity index (χ1v) is 14.0. The Bertz CT molecular complexity index is 1340. The molecule has 0 spiro atoms. The van der Waals surface area contributed by atoms with Gasteiger partial charge in [-0.1, -0.05) is 18.2 Å². The third-order valence-corrected chi connectivity index (χ3v) is 7.66. The second kappa shape index (κ2) is 13.6. The summed E-state index contributed by atoms with van der Waals surface area (Å²) in [6, 6.07) is 15.1. The quantitative estimate of drug-likeness (QED) is 0.310. The molecule has 1 aromatic heterocycles. The van der Waals surface area contributed by atoms with Crippen LogP contribution in [0.2, 0.25) is 0 Å². The molecule has 220 valence electrons. The number of carbonyl (C=O) groups excluding carboxylic acids is 1. The first kappa shape index (κ1) is 30.7. The van der Waals surface area contributed by atoms with Crippen molar-refractivity contribution < 1.29 is 19.0 Å². The predicted molar refractivity (Wildman–Crippen MR) is 160 cm³/mol. The Hall–Kier alpha value is -3.24. The van der Waals surface area contributed by atoms with Crippen molar-refractivity contribution >= 4 is 18.3 Å². The number of nitrogens with two attached hydrogens (primary N) is 1. The Morgan fingerprint density at radius 3 is 2.54 bits per heavy atom. The van der Waals surface area contributed by atoms with Gasteiger partial charge in [0, 0.05) is 49.4 Å². The van der Waals surface area contributed by atoms with Crippen LogP contribution in [0.5, 0.6) is 17.4 Å². The second-order valence-corrected chi connectivity index (χ2v) is 11.2. The normalized spacial score (nSPS) is 22.9. The van der Waals surface area contributed by atoms with E-state index in [1.165, 1.54) is 0 Å². The minimum Gasteiger partial charge on any atom is -0.508 e. The Balaban J connectivity index is 0.00000387. The van der Waals surface area contributed by atoms with Crippen molar-refractivity contribution in [1.29, 1.82) is 0 Å². The number of nitrogens with zero attached hydrogens (tertiary/aromatic N) is 2. The first-order chi connectivity index (χ1) is 19.2. The van der Waals surface area contributed by atoms with Crippen molar-refractivity contribution in [1.82, 2.24) is 20.5 Å². The van der Waals surface area contributed by atoms with E-state index >= 15 is 0 Å². The lowest BCUT2D eigenvalue weighted by atomic mass is 9.91. The molecule has 2 fully saturated rings. The molecule has 2 aromatic carbocycles. The second-order valence-electron chi connectivity index (χ2n) is 11.2. The molecule has 8 nitrogen and oxygen atoms in total. The van der Waals surface area contributed by atoms with Gasteiger partial charge in [0.15, 0.2) is 0 Å². The van der Waals surface area contributed by atoms with Crippen LogP contribution in [0.4, 0.5) is 4.39 Å². The lowest BCUT2D eigenvalue weighted by Crippen LogP contribution is -2.53. The SMILES string of the molecule is C[C@@H]1CN(Cc2cc(-c3cccc(Oc4ncc(F)cc4C(=O)NC4CCC(N)CC4)c3)ccc2O)C[C@H](C)N1.Cl. The van der Waals surface area contributed by atoms with E-state index in [-0.39, 0.29) is 41.7 Å². The number of aromatic nitrogens is 1. The number of nitrogens with one attached hydrogen (secondary N) is 2. The number of aromatic hydroxyl groups is 1. The molecule has 1 aliphatic carbocycles. The Morgan fingerprint density at radius 1 is 1.10 bits per heavy atom. The monoisotopic (exact) mass is 583 g/mol. The molecule has 5 N–H and O–H groups in total. The molecular weight excluding hydrogens is 545 g/mol. The van der Waals surface area contributed by atoms with E-state index in [1.807, 2.05) is 30.3 Å². The van der Waals surface area contributed by atoms with E-state index in [0.29, 0.717) is 24.4 Å². The van der Waals surface area contributed by atoms with E-state index in [2.05, 4.69) is 34.4 Å². The number of benzene rings is 2. The summed E-state index contributed by atoms with van der Waals surface area (Å²) >= 11 is 0. The van der Waals surface area contributed by atoms with E-state index in [4.69, 9.17) is 10.5 Å². The Morgan fingerprint density at radius 2 is 1.80 bits per heavy atom. The topological polar surface area (TPSA) is 113 Å². The highest BCUT2D eigenvalue weighted by Gasteiger charge is 2.24. The third-order valence-electron chi connectivity index (χ3n) is 7.66. The zero-order chi connectivity index (χ0) is 28.2. The molecule has 10 heteroatoms. The summed E-state index contributed by atoms with van der Waals surface area (Å²) in [7, 11) is 0. The van der Waals surface area contributed by atoms with Gasteiger partial charge in [-0.3, -0.25) is 9.69 Å². The highest BCUT2D eigenvalue weighted by molar-refractivity contribution is 5.96. The maximum Gasteiger partial charge on any atom is 0.257 e. The fraction of sp³-hybridized carbons (Fsp3) is 0.419. The van der Waals surface area contributed by atoms with Gasteiger partial charge in [-0.05, 0) is 81.0 Å². The van der Waals surface area contributed by atoms with Gasteiger partial charge >= 0.3 is 0 Å². The summed E-state index contributed by atoms with van der Waals surface area (Å²) < 4.78 is 20.1. The lowest BCUT2D eigenvalue weighted by Gasteiger charge is -2.36. The van der Waals surface area contributed by atoms with Gasteiger partial charge < -0.3 is 26.2 Å². The number of piperazine rings is 1. The molecule has 5 rings (SSSR count). The van der Waals surface area contributed by atoms with Gasteiger partial charge in [0.05, 0.1) is 6.20 Å². The third kappa shape index (κ3) is 7.95. The lowest BCUT2D eigenvalue weighted by molar-refractivity contribution is 0.0922. The number of hydrogen-bond acceptors (Lipinski definition) is 7. The highest BCUT2D eigenvalue weighted by Crippen LogP contribution is 2.32. The van der Waals surface area contributed by atoms with Crippen LogP contribution < -0.4 is 21.1 Å². The van der Waals surface area contributed by atoms with Gasteiger partial charge in [0.1, 0.15) is 22.9 Å². The first-order valence-electron chi connectivity index (χ1n) is 14.0. The van der Waals surface area contributed by atoms with E-state index in [1.54, 1.807) is 12.1 Å². The molecule has 3 aromatic rings. The summed E-state index contributed by atoms with van der Waals surface area (Å²) in [4.78, 5) is 19.5. The molecule has 1 saturated heterocycles. The summed E-state index contributed by atoms with van der Waals surface area (Å²) in [6.07, 6.45) is 4.30. The summed E-state index contributed by atoms with van der Waals surface area (Å²) in [6.45, 7) is 6.80. The van der Waals surface area contributed by atoms with Crippen LogP contribution in [0, 0.1) is 5.82 Å². The van der Waals surface area contributed by atoms with E-state index in [0.717, 1.165) is 67.7 Å². The highest BCUT2D eigenvalue weighted by atomic mass is 35.5. The van der Waals surface area contributed by atoms with Crippen molar-refractivity contribution in [3.8, 4) is 28.5 Å². The average Bonchev–Trinajstić information content (AvgIpc) is 2.92. The molecule has 2 heterocycles. The van der Waals surface area contributed by atoms with Crippen molar-refractivity contribution in [2.75, 3.05) is 13.1 Å². The zero-order valence-electron chi connectivity index (χ0n) is 23.5. The van der Waals surface area contributed by atoms with E-state index < -0.39 is 11.7 Å². The maximum absolute atomic E-state index is 14.1. The number of hydrogen-bond donors (Lipinski definition) is 4. The molecule has 41 heavy (non-hydrogen) atoms. The number of phenolic OH excluding ortho intramolecular Hbond substituents is 1. The largest absolute Gasteiger partial charge is 0.508 e. The van der Waals surface area contributed by atoms with Crippen LogP contribution >= 0.6 is 12.4 Å². The number of halogens is 2. The van der Waals surface area contributed by atoms with Crippen LogP contribution in [0.15, 0.2) is 54.7 Å². The fourth-order valence-electron chi connectivity index (χ4n) is 5.75. The number of carbonyl (C=O) groups is 1. The van der Waals surface area contributed by atoms with Gasteiger partial charge in [-0.2, -0.15) is 0 Å². The molecule has 0 bridgehead atoms. The summed E-state index contributed by atoms with van der Waals surface area (Å²) in [5, 5.41) is 17.1. The van der Waals surface area contributed by atoms with Gasteiger partial charge in [0.2, 0.25) is 5.88 Å². The molecule has 1 saturated carbocycles. The molecule has 1 aliphatic heterocycles. The summed E-state index contributed by atoms with van der Waals surface area (Å²) in [5.74, 6) is -0.258. The molecule has 1 amide bonds. The average molecular weight is 584 g/mol. The van der Waals surface area contributed by atoms with Crippen LogP contribution in [-0.4, -0.2) is 58.2 Å².